The van der Waals surface area contributed by atoms with E-state index < -0.39 is 0 Å². The van der Waals surface area contributed by atoms with Crippen LogP contribution in [-0.2, 0) is 13.0 Å². The molecule has 112 valence electrons. The molecule has 0 aliphatic carbocycles. The number of ether oxygens (including phenoxy) is 1. The number of likely N-dealkylation sites (N-methyl/N-ethyl adjacent to an activating group) is 1. The molecule has 1 aliphatic heterocycles. The Bertz CT molecular complexity index is 589. The number of aromatic amines is 1. The van der Waals surface area contributed by atoms with Gasteiger partial charge in [-0.15, -0.1) is 0 Å². The second-order valence-corrected chi connectivity index (χ2v) is 5.74. The molecule has 2 aromatic rings. The summed E-state index contributed by atoms with van der Waals surface area (Å²) in [6.07, 6.45) is 3.31. The molecular formula is C17H23N3O. The summed E-state index contributed by atoms with van der Waals surface area (Å²) in [7, 11) is 2.16. The van der Waals surface area contributed by atoms with Crippen LogP contribution in [0.4, 0.5) is 0 Å². The lowest BCUT2D eigenvalue weighted by molar-refractivity contribution is 0.309. The van der Waals surface area contributed by atoms with Crippen LogP contribution in [0.25, 0.3) is 11.3 Å². The highest BCUT2D eigenvalue weighted by Crippen LogP contribution is 2.29. The van der Waals surface area contributed by atoms with Crippen LogP contribution in [0.2, 0.25) is 0 Å². The number of fused-ring (bicyclic) bond motifs is 1. The molecule has 3 rings (SSSR count). The second-order valence-electron chi connectivity index (χ2n) is 5.74. The zero-order valence-electron chi connectivity index (χ0n) is 12.9. The van der Waals surface area contributed by atoms with E-state index in [1.54, 1.807) is 0 Å². The summed E-state index contributed by atoms with van der Waals surface area (Å²) in [6, 6.07) is 8.29. The SMILES string of the molecule is CCCCOc1ccc(-c2n[nH]c3c2CN(C)CC3)cc1. The van der Waals surface area contributed by atoms with E-state index >= 15 is 0 Å². The monoisotopic (exact) mass is 285 g/mol. The Kier molecular flexibility index (Phi) is 4.25. The van der Waals surface area contributed by atoms with E-state index in [4.69, 9.17) is 4.74 Å². The average molecular weight is 285 g/mol. The molecule has 0 spiro atoms. The molecule has 21 heavy (non-hydrogen) atoms. The first-order valence-electron chi connectivity index (χ1n) is 7.76. The van der Waals surface area contributed by atoms with Crippen LogP contribution >= 0.6 is 0 Å². The molecule has 0 radical (unpaired) electrons. The maximum absolute atomic E-state index is 5.71. The van der Waals surface area contributed by atoms with Gasteiger partial charge in [0.2, 0.25) is 0 Å². The average Bonchev–Trinajstić information content (AvgIpc) is 2.91. The number of nitrogens with zero attached hydrogens (tertiary/aromatic N) is 2. The topological polar surface area (TPSA) is 41.1 Å². The van der Waals surface area contributed by atoms with Crippen LogP contribution in [0.3, 0.4) is 0 Å². The van der Waals surface area contributed by atoms with Gasteiger partial charge >= 0.3 is 0 Å². The van der Waals surface area contributed by atoms with Gasteiger partial charge in [-0.25, -0.2) is 0 Å². The minimum atomic E-state index is 0.790. The normalized spacial score (nSPS) is 15.0. The van der Waals surface area contributed by atoms with Gasteiger partial charge in [-0.05, 0) is 37.7 Å². The predicted octanol–water partition coefficient (Wildman–Crippen LogP) is 3.24. The third-order valence-electron chi connectivity index (χ3n) is 4.02. The summed E-state index contributed by atoms with van der Waals surface area (Å²) in [4.78, 5) is 2.34. The summed E-state index contributed by atoms with van der Waals surface area (Å²) < 4.78 is 5.71. The molecule has 0 saturated carbocycles. The van der Waals surface area contributed by atoms with E-state index in [0.717, 1.165) is 56.0 Å². The van der Waals surface area contributed by atoms with Gasteiger partial charge in [0.1, 0.15) is 5.75 Å². The highest BCUT2D eigenvalue weighted by Gasteiger charge is 2.20. The molecule has 0 amide bonds. The van der Waals surface area contributed by atoms with Crippen LogP contribution in [0.1, 0.15) is 31.0 Å². The van der Waals surface area contributed by atoms with Crippen molar-refractivity contribution >= 4 is 0 Å². The van der Waals surface area contributed by atoms with Gasteiger partial charge in [-0.2, -0.15) is 5.10 Å². The van der Waals surface area contributed by atoms with E-state index in [1.165, 1.54) is 11.3 Å². The van der Waals surface area contributed by atoms with Crippen LogP contribution in [0.15, 0.2) is 24.3 Å². The van der Waals surface area contributed by atoms with E-state index in [1.807, 2.05) is 12.1 Å². The Labute approximate surface area is 126 Å². The molecule has 2 heterocycles. The fourth-order valence-corrected chi connectivity index (χ4v) is 2.71. The van der Waals surface area contributed by atoms with Crippen LogP contribution in [0.5, 0.6) is 5.75 Å². The Morgan fingerprint density at radius 2 is 2.10 bits per heavy atom. The molecule has 0 saturated heterocycles. The molecule has 1 aromatic carbocycles. The van der Waals surface area contributed by atoms with Gasteiger partial charge < -0.3 is 9.64 Å². The summed E-state index contributed by atoms with van der Waals surface area (Å²) in [5, 5.41) is 7.71. The smallest absolute Gasteiger partial charge is 0.119 e. The maximum Gasteiger partial charge on any atom is 0.119 e. The van der Waals surface area contributed by atoms with Crippen molar-refractivity contribution < 1.29 is 4.74 Å². The van der Waals surface area contributed by atoms with Crippen molar-refractivity contribution in [3.63, 3.8) is 0 Å². The fraction of sp³-hybridized carbons (Fsp3) is 0.471. The zero-order valence-corrected chi connectivity index (χ0v) is 12.9. The van der Waals surface area contributed by atoms with E-state index in [9.17, 15) is 0 Å². The van der Waals surface area contributed by atoms with Gasteiger partial charge in [0.25, 0.3) is 0 Å². The maximum atomic E-state index is 5.71. The molecule has 4 nitrogen and oxygen atoms in total. The lowest BCUT2D eigenvalue weighted by Gasteiger charge is -2.22. The van der Waals surface area contributed by atoms with Crippen LogP contribution in [0, 0.1) is 0 Å². The molecule has 1 aromatic heterocycles. The van der Waals surface area contributed by atoms with Gasteiger partial charge in [-0.1, -0.05) is 13.3 Å². The lowest BCUT2D eigenvalue weighted by Crippen LogP contribution is -2.26. The number of aromatic nitrogens is 2. The predicted molar refractivity (Wildman–Crippen MR) is 84.5 cm³/mol. The molecule has 1 aliphatic rings. The van der Waals surface area contributed by atoms with E-state index in [0.29, 0.717) is 0 Å². The molecule has 0 fully saturated rings. The van der Waals surface area contributed by atoms with Crippen LogP contribution in [-0.4, -0.2) is 35.3 Å². The van der Waals surface area contributed by atoms with Crippen molar-refractivity contribution in [1.29, 1.82) is 0 Å². The van der Waals surface area contributed by atoms with Crippen LogP contribution < -0.4 is 4.74 Å². The quantitative estimate of drug-likeness (QED) is 0.857. The highest BCUT2D eigenvalue weighted by molar-refractivity contribution is 5.65. The number of benzene rings is 1. The summed E-state index contributed by atoms with van der Waals surface area (Å²) in [6.45, 7) is 5.03. The summed E-state index contributed by atoms with van der Waals surface area (Å²) >= 11 is 0. The number of hydrogen-bond donors (Lipinski definition) is 1. The standard InChI is InChI=1S/C17H23N3O/c1-3-4-11-21-14-7-5-13(6-8-14)17-15-12-20(2)10-9-16(15)18-19-17/h5-8H,3-4,9-12H2,1-2H3,(H,18,19). The molecule has 0 atom stereocenters. The third kappa shape index (κ3) is 3.10. The van der Waals surface area contributed by atoms with Gasteiger partial charge in [0, 0.05) is 36.3 Å². The fourth-order valence-electron chi connectivity index (χ4n) is 2.71. The summed E-state index contributed by atoms with van der Waals surface area (Å²) in [5.41, 5.74) is 4.86. The largest absolute Gasteiger partial charge is 0.494 e. The first-order chi connectivity index (χ1) is 10.3. The zero-order chi connectivity index (χ0) is 14.7. The lowest BCUT2D eigenvalue weighted by atomic mass is 10.0. The van der Waals surface area contributed by atoms with E-state index in [2.05, 4.69) is 41.2 Å². The highest BCUT2D eigenvalue weighted by atomic mass is 16.5. The molecular weight excluding hydrogens is 262 g/mol. The van der Waals surface area contributed by atoms with Gasteiger partial charge in [0.15, 0.2) is 0 Å². The summed E-state index contributed by atoms with van der Waals surface area (Å²) in [5.74, 6) is 0.939. The van der Waals surface area contributed by atoms with Gasteiger partial charge in [0.05, 0.1) is 12.3 Å². The van der Waals surface area contributed by atoms with Crippen molar-refractivity contribution in [2.24, 2.45) is 0 Å². The molecule has 0 unspecified atom stereocenters. The van der Waals surface area contributed by atoms with Crippen molar-refractivity contribution in [3.05, 3.63) is 35.5 Å². The van der Waals surface area contributed by atoms with E-state index in [-0.39, 0.29) is 0 Å². The number of rotatable bonds is 5. The van der Waals surface area contributed by atoms with Crippen molar-refractivity contribution in [2.75, 3.05) is 20.2 Å². The Balaban J connectivity index is 1.77. The molecule has 4 heteroatoms. The van der Waals surface area contributed by atoms with Crippen molar-refractivity contribution in [3.8, 4) is 17.0 Å². The third-order valence-corrected chi connectivity index (χ3v) is 4.02. The number of unbranched alkanes of at least 4 members (excludes halogenated alkanes) is 1. The Morgan fingerprint density at radius 3 is 2.86 bits per heavy atom. The van der Waals surface area contributed by atoms with Crippen molar-refractivity contribution in [2.45, 2.75) is 32.7 Å². The second kappa shape index (κ2) is 6.31. The molecule has 1 N–H and O–H groups in total. The Morgan fingerprint density at radius 1 is 1.29 bits per heavy atom. The number of nitrogens with one attached hydrogen (secondary N) is 1. The number of H-pyrrole nitrogens is 1. The Hall–Kier alpha value is -1.81. The molecule has 0 bridgehead atoms. The minimum Gasteiger partial charge on any atom is -0.494 e. The number of hydrogen-bond acceptors (Lipinski definition) is 3. The van der Waals surface area contributed by atoms with Crippen molar-refractivity contribution in [1.82, 2.24) is 15.1 Å². The first-order valence-corrected chi connectivity index (χ1v) is 7.76. The minimum absolute atomic E-state index is 0.790. The van der Waals surface area contributed by atoms with Gasteiger partial charge in [-0.3, -0.25) is 5.10 Å². The first kappa shape index (κ1) is 14.1.